The molecule has 1 rings (SSSR count). The second kappa shape index (κ2) is 9.00. The molecular formula is C14H30N2. The number of rotatable bonds is 10. The quantitative estimate of drug-likeness (QED) is 0.580. The van der Waals surface area contributed by atoms with Crippen molar-refractivity contribution in [2.75, 3.05) is 19.6 Å². The molecular weight excluding hydrogens is 196 g/mol. The monoisotopic (exact) mass is 226 g/mol. The zero-order valence-electron chi connectivity index (χ0n) is 11.1. The van der Waals surface area contributed by atoms with E-state index in [-0.39, 0.29) is 0 Å². The standard InChI is InChI=1S/C14H30N2/c1-2-3-4-5-6-12-16(13-8-11-15)14-9-7-10-14/h14H,2-13,15H2,1H3. The van der Waals surface area contributed by atoms with Crippen LogP contribution in [-0.2, 0) is 0 Å². The van der Waals surface area contributed by atoms with Crippen LogP contribution in [0.3, 0.4) is 0 Å². The van der Waals surface area contributed by atoms with Crippen molar-refractivity contribution >= 4 is 0 Å². The first kappa shape index (κ1) is 14.0. The van der Waals surface area contributed by atoms with Crippen molar-refractivity contribution in [1.82, 2.24) is 4.90 Å². The van der Waals surface area contributed by atoms with E-state index in [2.05, 4.69) is 11.8 Å². The Balaban J connectivity index is 2.06. The zero-order chi connectivity index (χ0) is 11.6. The average molecular weight is 226 g/mol. The number of hydrogen-bond acceptors (Lipinski definition) is 2. The molecule has 2 N–H and O–H groups in total. The maximum atomic E-state index is 5.60. The molecule has 0 unspecified atom stereocenters. The molecule has 1 aliphatic carbocycles. The molecule has 1 saturated carbocycles. The Hall–Kier alpha value is -0.0800. The summed E-state index contributed by atoms with van der Waals surface area (Å²) in [5.74, 6) is 0. The van der Waals surface area contributed by atoms with Crippen LogP contribution in [-0.4, -0.2) is 30.6 Å². The highest BCUT2D eigenvalue weighted by Crippen LogP contribution is 2.25. The molecule has 0 saturated heterocycles. The summed E-state index contributed by atoms with van der Waals surface area (Å²) >= 11 is 0. The minimum absolute atomic E-state index is 0.846. The molecule has 0 aromatic carbocycles. The topological polar surface area (TPSA) is 29.3 Å². The van der Waals surface area contributed by atoms with E-state index in [1.807, 2.05) is 0 Å². The predicted octanol–water partition coefficient (Wildman–Crippen LogP) is 3.16. The fraction of sp³-hybridized carbons (Fsp3) is 1.00. The summed E-state index contributed by atoms with van der Waals surface area (Å²) in [6, 6.07) is 0.901. The Morgan fingerprint density at radius 3 is 2.25 bits per heavy atom. The van der Waals surface area contributed by atoms with Crippen LogP contribution in [0.5, 0.6) is 0 Å². The minimum atomic E-state index is 0.846. The van der Waals surface area contributed by atoms with Crippen LogP contribution < -0.4 is 5.73 Å². The predicted molar refractivity (Wildman–Crippen MR) is 71.6 cm³/mol. The lowest BCUT2D eigenvalue weighted by Gasteiger charge is -2.37. The molecule has 96 valence electrons. The Labute approximate surface area is 102 Å². The van der Waals surface area contributed by atoms with Gasteiger partial charge in [-0.15, -0.1) is 0 Å². The molecule has 1 aliphatic rings. The van der Waals surface area contributed by atoms with Crippen molar-refractivity contribution in [3.8, 4) is 0 Å². The third-order valence-corrected chi connectivity index (χ3v) is 3.79. The van der Waals surface area contributed by atoms with E-state index in [4.69, 9.17) is 5.73 Å². The molecule has 0 aromatic heterocycles. The van der Waals surface area contributed by atoms with Crippen molar-refractivity contribution in [3.05, 3.63) is 0 Å². The van der Waals surface area contributed by atoms with Crippen LogP contribution in [0.4, 0.5) is 0 Å². The lowest BCUT2D eigenvalue weighted by Crippen LogP contribution is -2.41. The van der Waals surface area contributed by atoms with Crippen molar-refractivity contribution in [2.45, 2.75) is 70.8 Å². The highest BCUT2D eigenvalue weighted by Gasteiger charge is 2.23. The second-order valence-corrected chi connectivity index (χ2v) is 5.18. The van der Waals surface area contributed by atoms with Crippen LogP contribution in [0.2, 0.25) is 0 Å². The number of unbranched alkanes of at least 4 members (excludes halogenated alkanes) is 4. The summed E-state index contributed by atoms with van der Waals surface area (Å²) < 4.78 is 0. The van der Waals surface area contributed by atoms with Gasteiger partial charge in [-0.25, -0.2) is 0 Å². The molecule has 2 heteroatoms. The summed E-state index contributed by atoms with van der Waals surface area (Å²) in [5.41, 5.74) is 5.60. The van der Waals surface area contributed by atoms with E-state index in [1.54, 1.807) is 0 Å². The first-order valence-electron chi connectivity index (χ1n) is 7.32. The Morgan fingerprint density at radius 1 is 1.00 bits per heavy atom. The molecule has 0 aromatic rings. The van der Waals surface area contributed by atoms with E-state index in [1.165, 1.54) is 70.9 Å². The van der Waals surface area contributed by atoms with E-state index < -0.39 is 0 Å². The number of nitrogens with zero attached hydrogens (tertiary/aromatic N) is 1. The van der Waals surface area contributed by atoms with Gasteiger partial charge in [-0.05, 0) is 45.3 Å². The fourth-order valence-electron chi connectivity index (χ4n) is 2.44. The summed E-state index contributed by atoms with van der Waals surface area (Å²) in [6.45, 7) is 5.67. The molecule has 0 radical (unpaired) electrons. The lowest BCUT2D eigenvalue weighted by molar-refractivity contribution is 0.124. The summed E-state index contributed by atoms with van der Waals surface area (Å²) in [7, 11) is 0. The maximum absolute atomic E-state index is 5.60. The summed E-state index contributed by atoms with van der Waals surface area (Å²) in [5, 5.41) is 0. The molecule has 16 heavy (non-hydrogen) atoms. The van der Waals surface area contributed by atoms with Gasteiger partial charge in [0.25, 0.3) is 0 Å². The van der Waals surface area contributed by atoms with Crippen molar-refractivity contribution in [3.63, 3.8) is 0 Å². The molecule has 1 fully saturated rings. The molecule has 0 spiro atoms. The Kier molecular flexibility index (Phi) is 7.87. The smallest absolute Gasteiger partial charge is 0.00952 e. The van der Waals surface area contributed by atoms with Gasteiger partial charge in [0.05, 0.1) is 0 Å². The van der Waals surface area contributed by atoms with Crippen LogP contribution in [0.25, 0.3) is 0 Å². The normalized spacial score (nSPS) is 16.7. The SMILES string of the molecule is CCCCCCCN(CCCN)C1CCC1. The van der Waals surface area contributed by atoms with Crippen LogP contribution in [0.1, 0.15) is 64.7 Å². The molecule has 0 amide bonds. The van der Waals surface area contributed by atoms with Gasteiger partial charge in [0.1, 0.15) is 0 Å². The second-order valence-electron chi connectivity index (χ2n) is 5.18. The van der Waals surface area contributed by atoms with E-state index >= 15 is 0 Å². The lowest BCUT2D eigenvalue weighted by atomic mass is 9.91. The van der Waals surface area contributed by atoms with Crippen LogP contribution in [0, 0.1) is 0 Å². The molecule has 2 nitrogen and oxygen atoms in total. The van der Waals surface area contributed by atoms with Gasteiger partial charge in [0.15, 0.2) is 0 Å². The van der Waals surface area contributed by atoms with Gasteiger partial charge < -0.3 is 10.6 Å². The van der Waals surface area contributed by atoms with Crippen LogP contribution >= 0.6 is 0 Å². The van der Waals surface area contributed by atoms with E-state index in [9.17, 15) is 0 Å². The highest BCUT2D eigenvalue weighted by molar-refractivity contribution is 4.79. The van der Waals surface area contributed by atoms with Crippen LogP contribution in [0.15, 0.2) is 0 Å². The Bertz CT molecular complexity index is 155. The number of hydrogen-bond donors (Lipinski definition) is 1. The van der Waals surface area contributed by atoms with E-state index in [0.717, 1.165) is 12.6 Å². The Morgan fingerprint density at radius 2 is 1.69 bits per heavy atom. The minimum Gasteiger partial charge on any atom is -0.330 e. The van der Waals surface area contributed by atoms with Gasteiger partial charge in [-0.1, -0.05) is 39.0 Å². The van der Waals surface area contributed by atoms with Gasteiger partial charge >= 0.3 is 0 Å². The number of nitrogens with two attached hydrogens (primary N) is 1. The third kappa shape index (κ3) is 5.31. The van der Waals surface area contributed by atoms with Gasteiger partial charge in [0.2, 0.25) is 0 Å². The van der Waals surface area contributed by atoms with E-state index in [0.29, 0.717) is 0 Å². The van der Waals surface area contributed by atoms with Crippen molar-refractivity contribution in [1.29, 1.82) is 0 Å². The summed E-state index contributed by atoms with van der Waals surface area (Å²) in [6.07, 6.45) is 12.5. The maximum Gasteiger partial charge on any atom is 0.00952 e. The molecule has 0 heterocycles. The van der Waals surface area contributed by atoms with Gasteiger partial charge in [0, 0.05) is 6.04 Å². The zero-order valence-corrected chi connectivity index (χ0v) is 11.1. The largest absolute Gasteiger partial charge is 0.330 e. The average Bonchev–Trinajstić information content (AvgIpc) is 2.22. The van der Waals surface area contributed by atoms with Gasteiger partial charge in [-0.3, -0.25) is 0 Å². The highest BCUT2D eigenvalue weighted by atomic mass is 15.2. The molecule has 0 bridgehead atoms. The molecule has 0 atom stereocenters. The third-order valence-electron chi connectivity index (χ3n) is 3.79. The molecule has 0 aliphatic heterocycles. The van der Waals surface area contributed by atoms with Crippen molar-refractivity contribution < 1.29 is 0 Å². The first-order valence-corrected chi connectivity index (χ1v) is 7.32. The fourth-order valence-corrected chi connectivity index (χ4v) is 2.44. The first-order chi connectivity index (χ1) is 7.88. The van der Waals surface area contributed by atoms with Crippen molar-refractivity contribution in [2.24, 2.45) is 5.73 Å². The summed E-state index contributed by atoms with van der Waals surface area (Å²) in [4.78, 5) is 2.70. The van der Waals surface area contributed by atoms with Gasteiger partial charge in [-0.2, -0.15) is 0 Å².